The lowest BCUT2D eigenvalue weighted by Gasteiger charge is -2.25. The van der Waals surface area contributed by atoms with Crippen LogP contribution in [0.15, 0.2) is 54.6 Å². The molecule has 7 heteroatoms. The summed E-state index contributed by atoms with van der Waals surface area (Å²) in [5.74, 6) is 2.13. The van der Waals surface area contributed by atoms with Gasteiger partial charge in [0.1, 0.15) is 11.5 Å². The standard InChI is InChI=1S/C29H39N3O4/c1-4-6-17-35-21-24(33)19-31(22-15-16-22)20-27-28(5-2)30-32(23-11-8-7-9-12-23)29(27)36-26-14-10-13-25(18-26)34-3/h7-14,18,22,24,33H,4-6,15-17,19-21H2,1-3H3/t24-/m0/s1. The molecule has 1 fully saturated rings. The number of para-hydroxylation sites is 1. The van der Waals surface area contributed by atoms with Gasteiger partial charge in [-0.3, -0.25) is 4.90 Å². The van der Waals surface area contributed by atoms with E-state index in [1.54, 1.807) is 7.11 Å². The smallest absolute Gasteiger partial charge is 0.227 e. The number of aryl methyl sites for hydroxylation is 1. The van der Waals surface area contributed by atoms with Crippen molar-refractivity contribution in [3.05, 3.63) is 65.9 Å². The molecule has 1 aliphatic carbocycles. The Labute approximate surface area is 214 Å². The van der Waals surface area contributed by atoms with E-state index in [0.29, 0.717) is 44.0 Å². The quantitative estimate of drug-likeness (QED) is 0.287. The number of aliphatic hydroxyl groups is 1. The van der Waals surface area contributed by atoms with E-state index in [4.69, 9.17) is 19.3 Å². The molecular weight excluding hydrogens is 454 g/mol. The Hall–Kier alpha value is -2.87. The van der Waals surface area contributed by atoms with E-state index < -0.39 is 6.10 Å². The van der Waals surface area contributed by atoms with Gasteiger partial charge in [-0.1, -0.05) is 44.5 Å². The van der Waals surface area contributed by atoms with Crippen LogP contribution >= 0.6 is 0 Å². The number of rotatable bonds is 15. The first kappa shape index (κ1) is 26.2. The monoisotopic (exact) mass is 493 g/mol. The number of ether oxygens (including phenoxy) is 3. The van der Waals surface area contributed by atoms with E-state index >= 15 is 0 Å². The molecule has 1 saturated carbocycles. The van der Waals surface area contributed by atoms with Crippen LogP contribution in [0.2, 0.25) is 0 Å². The summed E-state index contributed by atoms with van der Waals surface area (Å²) in [6.07, 6.45) is 4.64. The fourth-order valence-electron chi connectivity index (χ4n) is 4.32. The van der Waals surface area contributed by atoms with E-state index in [0.717, 1.165) is 54.8 Å². The SMILES string of the molecule is CCCCOC[C@@H](O)CN(Cc1c(CC)nn(-c2ccccc2)c1Oc1cccc(OC)c1)C1CC1. The molecule has 36 heavy (non-hydrogen) atoms. The van der Waals surface area contributed by atoms with Crippen LogP contribution in [0.3, 0.4) is 0 Å². The Balaban J connectivity index is 1.63. The summed E-state index contributed by atoms with van der Waals surface area (Å²) in [4.78, 5) is 2.36. The van der Waals surface area contributed by atoms with Crippen molar-refractivity contribution in [3.63, 3.8) is 0 Å². The number of nitrogens with zero attached hydrogens (tertiary/aromatic N) is 3. The van der Waals surface area contributed by atoms with E-state index in [1.807, 2.05) is 59.3 Å². The number of methoxy groups -OCH3 is 1. The zero-order valence-corrected chi connectivity index (χ0v) is 21.7. The van der Waals surface area contributed by atoms with E-state index in [2.05, 4.69) is 18.7 Å². The Morgan fingerprint density at radius 3 is 2.56 bits per heavy atom. The molecule has 0 saturated heterocycles. The fraction of sp³-hybridized carbons (Fsp3) is 0.483. The molecule has 1 aromatic heterocycles. The molecule has 2 aromatic carbocycles. The van der Waals surface area contributed by atoms with E-state index in [-0.39, 0.29) is 0 Å². The van der Waals surface area contributed by atoms with Gasteiger partial charge < -0.3 is 19.3 Å². The van der Waals surface area contributed by atoms with E-state index in [9.17, 15) is 5.11 Å². The van der Waals surface area contributed by atoms with Gasteiger partial charge in [0.2, 0.25) is 5.88 Å². The van der Waals surface area contributed by atoms with Crippen molar-refractivity contribution in [2.75, 3.05) is 26.9 Å². The topological polar surface area (TPSA) is 69.0 Å². The third kappa shape index (κ3) is 6.87. The molecule has 0 unspecified atom stereocenters. The minimum Gasteiger partial charge on any atom is -0.497 e. The molecular formula is C29H39N3O4. The fourth-order valence-corrected chi connectivity index (χ4v) is 4.32. The van der Waals surface area contributed by atoms with Crippen molar-refractivity contribution < 1.29 is 19.3 Å². The van der Waals surface area contributed by atoms with Crippen molar-refractivity contribution in [2.24, 2.45) is 0 Å². The summed E-state index contributed by atoms with van der Waals surface area (Å²) in [7, 11) is 1.65. The van der Waals surface area contributed by atoms with Gasteiger partial charge in [0, 0.05) is 31.8 Å². The molecule has 0 radical (unpaired) electrons. The summed E-state index contributed by atoms with van der Waals surface area (Å²) in [6, 6.07) is 18.2. The molecule has 4 rings (SSSR count). The number of benzene rings is 2. The summed E-state index contributed by atoms with van der Waals surface area (Å²) < 4.78 is 19.5. The number of unbranched alkanes of at least 4 members (excludes halogenated alkanes) is 1. The Bertz CT molecular complexity index is 1080. The van der Waals surface area contributed by atoms with Crippen molar-refractivity contribution in [1.82, 2.24) is 14.7 Å². The summed E-state index contributed by atoms with van der Waals surface area (Å²) in [5, 5.41) is 15.7. The van der Waals surface area contributed by atoms with Crippen LogP contribution in [-0.2, 0) is 17.7 Å². The summed E-state index contributed by atoms with van der Waals surface area (Å²) in [5.41, 5.74) is 2.99. The van der Waals surface area contributed by atoms with Crippen LogP contribution in [0.25, 0.3) is 5.69 Å². The Morgan fingerprint density at radius 1 is 1.08 bits per heavy atom. The van der Waals surface area contributed by atoms with Crippen LogP contribution < -0.4 is 9.47 Å². The number of aromatic nitrogens is 2. The van der Waals surface area contributed by atoms with Crippen LogP contribution in [0, 0.1) is 0 Å². The van der Waals surface area contributed by atoms with Gasteiger partial charge in [-0.15, -0.1) is 0 Å². The van der Waals surface area contributed by atoms with Crippen molar-refractivity contribution in [3.8, 4) is 23.1 Å². The van der Waals surface area contributed by atoms with Gasteiger partial charge in [0.25, 0.3) is 0 Å². The molecule has 0 aliphatic heterocycles. The normalized spacial score (nSPS) is 14.2. The van der Waals surface area contributed by atoms with Gasteiger partial charge in [-0.25, -0.2) is 4.68 Å². The third-order valence-electron chi connectivity index (χ3n) is 6.43. The Kier molecular flexibility index (Phi) is 9.39. The molecule has 0 bridgehead atoms. The van der Waals surface area contributed by atoms with Gasteiger partial charge in [-0.05, 0) is 49.9 Å². The van der Waals surface area contributed by atoms with Crippen LogP contribution in [0.5, 0.6) is 17.4 Å². The lowest BCUT2D eigenvalue weighted by atomic mass is 10.1. The maximum atomic E-state index is 10.7. The van der Waals surface area contributed by atoms with Crippen molar-refractivity contribution in [2.45, 2.75) is 64.6 Å². The first-order valence-corrected chi connectivity index (χ1v) is 13.1. The largest absolute Gasteiger partial charge is 0.497 e. The van der Waals surface area contributed by atoms with Crippen LogP contribution in [0.1, 0.15) is 50.8 Å². The lowest BCUT2D eigenvalue weighted by Crippen LogP contribution is -2.36. The van der Waals surface area contributed by atoms with Crippen molar-refractivity contribution >= 4 is 0 Å². The highest BCUT2D eigenvalue weighted by Crippen LogP contribution is 2.36. The lowest BCUT2D eigenvalue weighted by molar-refractivity contribution is 0.0126. The predicted molar refractivity (Wildman–Crippen MR) is 141 cm³/mol. The van der Waals surface area contributed by atoms with Gasteiger partial charge in [-0.2, -0.15) is 5.10 Å². The molecule has 1 aliphatic rings. The third-order valence-corrected chi connectivity index (χ3v) is 6.43. The highest BCUT2D eigenvalue weighted by molar-refractivity contribution is 5.44. The molecule has 3 aromatic rings. The summed E-state index contributed by atoms with van der Waals surface area (Å²) in [6.45, 7) is 6.54. The highest BCUT2D eigenvalue weighted by atomic mass is 16.5. The molecule has 1 N–H and O–H groups in total. The highest BCUT2D eigenvalue weighted by Gasteiger charge is 2.33. The zero-order chi connectivity index (χ0) is 25.3. The second-order valence-electron chi connectivity index (χ2n) is 9.36. The van der Waals surface area contributed by atoms with E-state index in [1.165, 1.54) is 0 Å². The predicted octanol–water partition coefficient (Wildman–Crippen LogP) is 5.38. The molecule has 7 nitrogen and oxygen atoms in total. The maximum absolute atomic E-state index is 10.7. The molecule has 0 spiro atoms. The van der Waals surface area contributed by atoms with Crippen LogP contribution in [0.4, 0.5) is 0 Å². The first-order chi connectivity index (χ1) is 17.6. The minimum atomic E-state index is -0.528. The summed E-state index contributed by atoms with van der Waals surface area (Å²) >= 11 is 0. The second kappa shape index (κ2) is 12.9. The molecule has 1 atom stereocenters. The van der Waals surface area contributed by atoms with Gasteiger partial charge in [0.15, 0.2) is 0 Å². The number of aliphatic hydroxyl groups excluding tert-OH is 1. The zero-order valence-electron chi connectivity index (χ0n) is 21.7. The average Bonchev–Trinajstić information content (AvgIpc) is 3.70. The minimum absolute atomic E-state index is 0.361. The number of hydrogen-bond donors (Lipinski definition) is 1. The molecule has 1 heterocycles. The number of hydrogen-bond acceptors (Lipinski definition) is 6. The maximum Gasteiger partial charge on any atom is 0.227 e. The van der Waals surface area contributed by atoms with Gasteiger partial charge in [0.05, 0.1) is 36.8 Å². The molecule has 0 amide bonds. The second-order valence-corrected chi connectivity index (χ2v) is 9.36. The van der Waals surface area contributed by atoms with Gasteiger partial charge >= 0.3 is 0 Å². The van der Waals surface area contributed by atoms with Crippen molar-refractivity contribution in [1.29, 1.82) is 0 Å². The van der Waals surface area contributed by atoms with Crippen LogP contribution in [-0.4, -0.2) is 58.8 Å². The first-order valence-electron chi connectivity index (χ1n) is 13.1. The Morgan fingerprint density at radius 2 is 1.86 bits per heavy atom. The average molecular weight is 494 g/mol. The molecule has 194 valence electrons.